The molecule has 1 fully saturated rings. The molecule has 0 atom stereocenters. The summed E-state index contributed by atoms with van der Waals surface area (Å²) in [6.45, 7) is 0.297. The van der Waals surface area contributed by atoms with E-state index in [2.05, 4.69) is 10.6 Å². The van der Waals surface area contributed by atoms with E-state index < -0.39 is 5.91 Å². The summed E-state index contributed by atoms with van der Waals surface area (Å²) < 4.78 is 5.23. The predicted octanol–water partition coefficient (Wildman–Crippen LogP) is 3.96. The molecule has 194 valence electrons. The molecule has 0 spiro atoms. The summed E-state index contributed by atoms with van der Waals surface area (Å²) in [5, 5.41) is 14.5. The van der Waals surface area contributed by atoms with Crippen molar-refractivity contribution in [3.63, 3.8) is 0 Å². The molecule has 1 aliphatic carbocycles. The van der Waals surface area contributed by atoms with Crippen LogP contribution in [-0.2, 0) is 16.1 Å². The minimum absolute atomic E-state index is 0.107. The Morgan fingerprint density at radius 1 is 0.895 bits per heavy atom. The van der Waals surface area contributed by atoms with Gasteiger partial charge in [0.15, 0.2) is 0 Å². The Bertz CT molecular complexity index is 1340. The lowest BCUT2D eigenvalue weighted by molar-refractivity contribution is -0.117. The molecule has 0 radical (unpaired) electrons. The van der Waals surface area contributed by atoms with Crippen molar-refractivity contribution >= 4 is 35.4 Å². The molecule has 0 aromatic heterocycles. The van der Waals surface area contributed by atoms with Gasteiger partial charge in [-0.15, -0.1) is 0 Å². The fourth-order valence-corrected chi connectivity index (χ4v) is 3.67. The second kappa shape index (κ2) is 12.5. The van der Waals surface area contributed by atoms with Crippen LogP contribution in [0.3, 0.4) is 0 Å². The van der Waals surface area contributed by atoms with Crippen LogP contribution in [0.1, 0.15) is 45.5 Å². The van der Waals surface area contributed by atoms with Crippen LogP contribution in [-0.4, -0.2) is 36.1 Å². The van der Waals surface area contributed by atoms with Gasteiger partial charge in [-0.3, -0.25) is 19.6 Å². The molecular weight excluding hydrogens is 482 g/mol. The molecule has 4 N–H and O–H groups in total. The Morgan fingerprint density at radius 3 is 2.13 bits per heavy atom. The summed E-state index contributed by atoms with van der Waals surface area (Å²) in [5.41, 5.74) is 5.79. The smallest absolute Gasteiger partial charge is 0.274 e. The largest absolute Gasteiger partial charge is 0.497 e. The van der Waals surface area contributed by atoms with Crippen LogP contribution < -0.4 is 20.9 Å². The number of carbonyl (C=O) groups excluding carboxylic acids is 3. The third-order valence-corrected chi connectivity index (χ3v) is 6.02. The lowest BCUT2D eigenvalue weighted by Crippen LogP contribution is -2.26. The van der Waals surface area contributed by atoms with Gasteiger partial charge >= 0.3 is 0 Å². The van der Waals surface area contributed by atoms with Crippen molar-refractivity contribution in [2.45, 2.75) is 25.4 Å². The Hall–Kier alpha value is -4.69. The van der Waals surface area contributed by atoms with Crippen molar-refractivity contribution in [1.29, 1.82) is 0 Å². The maximum atomic E-state index is 12.9. The van der Waals surface area contributed by atoms with Crippen LogP contribution in [0.25, 0.3) is 17.7 Å². The summed E-state index contributed by atoms with van der Waals surface area (Å²) in [6.07, 6.45) is 7.03. The Kier molecular flexibility index (Phi) is 8.69. The zero-order valence-electron chi connectivity index (χ0n) is 20.9. The van der Waals surface area contributed by atoms with E-state index in [1.807, 2.05) is 54.6 Å². The second-order valence-electron chi connectivity index (χ2n) is 8.89. The van der Waals surface area contributed by atoms with E-state index in [9.17, 15) is 14.4 Å². The number of methoxy groups -OCH3 is 1. The molecule has 0 saturated heterocycles. The van der Waals surface area contributed by atoms with E-state index in [1.54, 1.807) is 42.9 Å². The number of carbonyl (C=O) groups is 3. The van der Waals surface area contributed by atoms with Crippen molar-refractivity contribution in [1.82, 2.24) is 16.1 Å². The Balaban J connectivity index is 1.38. The van der Waals surface area contributed by atoms with Gasteiger partial charge in [-0.05, 0) is 71.5 Å². The Labute approximate surface area is 221 Å². The summed E-state index contributed by atoms with van der Waals surface area (Å²) in [6, 6.07) is 21.7. The molecule has 38 heavy (non-hydrogen) atoms. The minimum Gasteiger partial charge on any atom is -0.497 e. The topological polar surface area (TPSA) is 117 Å². The maximum Gasteiger partial charge on any atom is 0.274 e. The van der Waals surface area contributed by atoms with Gasteiger partial charge in [0.05, 0.1) is 7.11 Å². The molecule has 0 heterocycles. The minimum atomic E-state index is -0.594. The highest BCUT2D eigenvalue weighted by Crippen LogP contribution is 2.25. The van der Waals surface area contributed by atoms with E-state index in [-0.39, 0.29) is 17.9 Å². The molecule has 8 nitrogen and oxygen atoms in total. The number of ether oxygens (including phenoxy) is 1. The van der Waals surface area contributed by atoms with Gasteiger partial charge in [0.25, 0.3) is 11.8 Å². The zero-order chi connectivity index (χ0) is 26.9. The van der Waals surface area contributed by atoms with Crippen LogP contribution >= 0.6 is 0 Å². The van der Waals surface area contributed by atoms with Crippen LogP contribution in [0.5, 0.6) is 5.75 Å². The Morgan fingerprint density at radius 2 is 1.53 bits per heavy atom. The lowest BCUT2D eigenvalue weighted by atomic mass is 10.0. The van der Waals surface area contributed by atoms with Crippen molar-refractivity contribution < 1.29 is 24.3 Å². The zero-order valence-corrected chi connectivity index (χ0v) is 20.9. The number of nitrogens with one attached hydrogen (secondary N) is 3. The fourth-order valence-electron chi connectivity index (χ4n) is 3.67. The summed E-state index contributed by atoms with van der Waals surface area (Å²) in [7, 11) is 1.60. The van der Waals surface area contributed by atoms with E-state index in [4.69, 9.17) is 9.94 Å². The standard InChI is InChI=1S/C30H29N3O5/c1-38-26-15-11-23(12-16-26)27(30(36)32-25-13-14-25)18-21-4-2-20(3-5-21)8-17-28(34)31-19-22-6-9-24(10-7-22)29(35)33-37/h2-12,15-18,25,37H,13-14,19H2,1H3,(H,31,34)(H,32,36)(H,33,35)/b17-8?,27-18+. The van der Waals surface area contributed by atoms with Crippen molar-refractivity contribution in [2.75, 3.05) is 7.11 Å². The number of rotatable bonds is 10. The predicted molar refractivity (Wildman–Crippen MR) is 145 cm³/mol. The molecule has 1 aliphatic rings. The van der Waals surface area contributed by atoms with Crippen molar-refractivity contribution in [2.24, 2.45) is 0 Å². The SMILES string of the molecule is COc1ccc(/C(=C\c2ccc(C=CC(=O)NCc3ccc(C(=O)NO)cc3)cc2)C(=O)NC2CC2)cc1. The molecule has 3 amide bonds. The van der Waals surface area contributed by atoms with Gasteiger partial charge in [0.1, 0.15) is 5.75 Å². The van der Waals surface area contributed by atoms with Gasteiger partial charge in [-0.2, -0.15) is 0 Å². The van der Waals surface area contributed by atoms with Gasteiger partial charge in [-0.25, -0.2) is 5.48 Å². The van der Waals surface area contributed by atoms with E-state index in [0.29, 0.717) is 17.7 Å². The van der Waals surface area contributed by atoms with Gasteiger partial charge in [0, 0.05) is 29.8 Å². The number of hydrogen-bond acceptors (Lipinski definition) is 5. The number of hydrogen-bond donors (Lipinski definition) is 4. The van der Waals surface area contributed by atoms with Crippen LogP contribution in [0.2, 0.25) is 0 Å². The molecular formula is C30H29N3O5. The quantitative estimate of drug-likeness (QED) is 0.142. The number of benzene rings is 3. The molecule has 0 unspecified atom stereocenters. The second-order valence-corrected chi connectivity index (χ2v) is 8.89. The third-order valence-electron chi connectivity index (χ3n) is 6.02. The van der Waals surface area contributed by atoms with E-state index >= 15 is 0 Å². The first kappa shape index (κ1) is 26.4. The lowest BCUT2D eigenvalue weighted by Gasteiger charge is -2.10. The molecule has 8 heteroatoms. The molecule has 1 saturated carbocycles. The highest BCUT2D eigenvalue weighted by Gasteiger charge is 2.25. The number of hydroxylamine groups is 1. The first-order valence-electron chi connectivity index (χ1n) is 12.2. The van der Waals surface area contributed by atoms with Crippen molar-refractivity contribution in [3.8, 4) is 5.75 Å². The average molecular weight is 512 g/mol. The van der Waals surface area contributed by atoms with Crippen LogP contribution in [0.15, 0.2) is 78.9 Å². The summed E-state index contributed by atoms with van der Waals surface area (Å²) in [4.78, 5) is 36.5. The monoisotopic (exact) mass is 511 g/mol. The van der Waals surface area contributed by atoms with Gasteiger partial charge < -0.3 is 15.4 Å². The number of amides is 3. The van der Waals surface area contributed by atoms with Crippen LogP contribution in [0, 0.1) is 0 Å². The van der Waals surface area contributed by atoms with E-state index in [1.165, 1.54) is 6.08 Å². The normalized spacial score (nSPS) is 13.2. The molecule has 0 bridgehead atoms. The highest BCUT2D eigenvalue weighted by molar-refractivity contribution is 6.24. The highest BCUT2D eigenvalue weighted by atomic mass is 16.5. The first-order chi connectivity index (χ1) is 18.4. The molecule has 4 rings (SSSR count). The third kappa shape index (κ3) is 7.41. The maximum absolute atomic E-state index is 12.9. The molecule has 3 aromatic rings. The fraction of sp³-hybridized carbons (Fsp3) is 0.167. The molecule has 3 aromatic carbocycles. The van der Waals surface area contributed by atoms with E-state index in [0.717, 1.165) is 40.8 Å². The first-order valence-corrected chi connectivity index (χ1v) is 12.2. The molecule has 0 aliphatic heterocycles. The summed E-state index contributed by atoms with van der Waals surface area (Å²) in [5.74, 6) is -0.237. The van der Waals surface area contributed by atoms with Crippen LogP contribution in [0.4, 0.5) is 0 Å². The van der Waals surface area contributed by atoms with Gasteiger partial charge in [-0.1, -0.05) is 48.5 Å². The average Bonchev–Trinajstić information content (AvgIpc) is 3.78. The van der Waals surface area contributed by atoms with Gasteiger partial charge in [0.2, 0.25) is 5.91 Å². The van der Waals surface area contributed by atoms with Crippen molar-refractivity contribution in [3.05, 3.63) is 107 Å². The summed E-state index contributed by atoms with van der Waals surface area (Å²) >= 11 is 0.